The van der Waals surface area contributed by atoms with Gasteiger partial charge in [0.1, 0.15) is 11.3 Å². The lowest BCUT2D eigenvalue weighted by Gasteiger charge is -2.07. The number of rotatable bonds is 15. The number of halogens is 1. The van der Waals surface area contributed by atoms with Gasteiger partial charge in [-0.15, -0.1) is 12.3 Å². The molecule has 0 saturated carbocycles. The smallest absolute Gasteiger partial charge is 0.134 e. The van der Waals surface area contributed by atoms with Crippen molar-refractivity contribution in [2.45, 2.75) is 19.4 Å². The monoisotopic (exact) mass is 455 g/mol. The summed E-state index contributed by atoms with van der Waals surface area (Å²) in [7, 11) is 0. The normalized spacial score (nSPS) is 11.1. The first-order valence-electron chi connectivity index (χ1n) is 10.9. The SMILES string of the molecule is C#CCCOCCOCCOCCNCc1ccc2cc(Cc3ccc(Cl)cc3)oc2c1. The van der Waals surface area contributed by atoms with Crippen LogP contribution in [-0.2, 0) is 27.2 Å². The van der Waals surface area contributed by atoms with Crippen LogP contribution in [0.3, 0.4) is 0 Å². The lowest BCUT2D eigenvalue weighted by molar-refractivity contribution is 0.0161. The van der Waals surface area contributed by atoms with Crippen molar-refractivity contribution in [2.75, 3.05) is 46.2 Å². The van der Waals surface area contributed by atoms with Crippen LogP contribution in [0.15, 0.2) is 52.9 Å². The minimum Gasteiger partial charge on any atom is -0.461 e. The van der Waals surface area contributed by atoms with E-state index in [-0.39, 0.29) is 0 Å². The van der Waals surface area contributed by atoms with E-state index in [1.807, 2.05) is 24.3 Å². The molecule has 0 atom stereocenters. The third kappa shape index (κ3) is 8.66. The fourth-order valence-electron chi connectivity index (χ4n) is 3.18. The van der Waals surface area contributed by atoms with Gasteiger partial charge in [0.25, 0.3) is 0 Å². The van der Waals surface area contributed by atoms with Crippen LogP contribution in [0.1, 0.15) is 23.3 Å². The van der Waals surface area contributed by atoms with Crippen LogP contribution in [0.5, 0.6) is 0 Å². The predicted molar refractivity (Wildman–Crippen MR) is 128 cm³/mol. The Morgan fingerprint density at radius 1 is 0.844 bits per heavy atom. The molecule has 2 aromatic carbocycles. The van der Waals surface area contributed by atoms with E-state index in [0.717, 1.165) is 41.3 Å². The molecule has 170 valence electrons. The lowest BCUT2D eigenvalue weighted by atomic mass is 10.1. The van der Waals surface area contributed by atoms with E-state index in [4.69, 9.17) is 36.7 Å². The van der Waals surface area contributed by atoms with Gasteiger partial charge in [-0.25, -0.2) is 0 Å². The second-order valence-electron chi connectivity index (χ2n) is 7.36. The van der Waals surface area contributed by atoms with E-state index in [2.05, 4.69) is 35.5 Å². The van der Waals surface area contributed by atoms with Crippen LogP contribution in [0, 0.1) is 12.3 Å². The molecule has 3 aromatic rings. The van der Waals surface area contributed by atoms with Crippen molar-refractivity contribution in [1.82, 2.24) is 5.32 Å². The Kier molecular flexibility index (Phi) is 10.6. The van der Waals surface area contributed by atoms with Gasteiger partial charge in [0.2, 0.25) is 0 Å². The number of nitrogens with one attached hydrogen (secondary N) is 1. The van der Waals surface area contributed by atoms with Crippen molar-refractivity contribution < 1.29 is 18.6 Å². The van der Waals surface area contributed by atoms with E-state index in [9.17, 15) is 0 Å². The number of hydrogen-bond acceptors (Lipinski definition) is 5. The van der Waals surface area contributed by atoms with Gasteiger partial charge in [0.15, 0.2) is 0 Å². The molecule has 1 heterocycles. The highest BCUT2D eigenvalue weighted by Gasteiger charge is 2.06. The summed E-state index contributed by atoms with van der Waals surface area (Å²) in [4.78, 5) is 0. The summed E-state index contributed by atoms with van der Waals surface area (Å²) < 4.78 is 22.4. The Labute approximate surface area is 195 Å². The largest absolute Gasteiger partial charge is 0.461 e. The molecule has 0 saturated heterocycles. The highest BCUT2D eigenvalue weighted by molar-refractivity contribution is 6.30. The zero-order valence-electron chi connectivity index (χ0n) is 18.3. The number of ether oxygens (including phenoxy) is 3. The van der Waals surface area contributed by atoms with Gasteiger partial charge in [-0.2, -0.15) is 0 Å². The van der Waals surface area contributed by atoms with Gasteiger partial charge in [0.05, 0.1) is 39.6 Å². The molecule has 32 heavy (non-hydrogen) atoms. The molecule has 0 unspecified atom stereocenters. The van der Waals surface area contributed by atoms with Crippen molar-refractivity contribution in [3.8, 4) is 12.3 Å². The summed E-state index contributed by atoms with van der Waals surface area (Å²) in [5.41, 5.74) is 3.26. The Hall–Kier alpha value is -2.33. The second kappa shape index (κ2) is 13.9. The Balaban J connectivity index is 1.28. The zero-order valence-corrected chi connectivity index (χ0v) is 19.0. The number of hydrogen-bond donors (Lipinski definition) is 1. The topological polar surface area (TPSA) is 52.9 Å². The average molecular weight is 456 g/mol. The van der Waals surface area contributed by atoms with Gasteiger partial charge in [-0.1, -0.05) is 35.9 Å². The molecule has 0 amide bonds. The minimum absolute atomic E-state index is 0.558. The summed E-state index contributed by atoms with van der Waals surface area (Å²) >= 11 is 5.96. The Morgan fingerprint density at radius 3 is 2.28 bits per heavy atom. The van der Waals surface area contributed by atoms with E-state index in [1.165, 1.54) is 11.1 Å². The molecule has 5 nitrogen and oxygen atoms in total. The van der Waals surface area contributed by atoms with Crippen molar-refractivity contribution in [2.24, 2.45) is 0 Å². The maximum absolute atomic E-state index is 6.04. The highest BCUT2D eigenvalue weighted by atomic mass is 35.5. The second-order valence-corrected chi connectivity index (χ2v) is 7.79. The first-order chi connectivity index (χ1) is 15.7. The summed E-state index contributed by atoms with van der Waals surface area (Å²) in [5.74, 6) is 3.48. The van der Waals surface area contributed by atoms with Crippen molar-refractivity contribution in [3.05, 3.63) is 70.4 Å². The molecule has 0 aliphatic carbocycles. The number of fused-ring (bicyclic) bond motifs is 1. The number of terminal acetylenes is 1. The maximum Gasteiger partial charge on any atom is 0.134 e. The van der Waals surface area contributed by atoms with E-state index in [1.54, 1.807) is 0 Å². The van der Waals surface area contributed by atoms with E-state index in [0.29, 0.717) is 46.1 Å². The fourth-order valence-corrected chi connectivity index (χ4v) is 3.31. The summed E-state index contributed by atoms with van der Waals surface area (Å²) in [6.45, 7) is 5.00. The Bertz CT molecular complexity index is 978. The standard InChI is InChI=1S/C26H30ClNO4/c1-2-3-11-29-13-15-31-16-14-30-12-10-28-20-22-4-7-23-19-25(32-26(23)18-22)17-21-5-8-24(27)9-6-21/h1,4-9,18-19,28H,3,10-17,20H2. The third-order valence-corrected chi connectivity index (χ3v) is 5.07. The molecule has 0 aliphatic heterocycles. The molecule has 6 heteroatoms. The molecule has 0 spiro atoms. The van der Waals surface area contributed by atoms with Gasteiger partial charge < -0.3 is 23.9 Å². The van der Waals surface area contributed by atoms with Gasteiger partial charge in [-0.3, -0.25) is 0 Å². The van der Waals surface area contributed by atoms with Crippen LogP contribution in [0.25, 0.3) is 11.0 Å². The lowest BCUT2D eigenvalue weighted by Crippen LogP contribution is -2.20. The molecule has 0 bridgehead atoms. The zero-order chi connectivity index (χ0) is 22.4. The first kappa shape index (κ1) is 24.3. The van der Waals surface area contributed by atoms with Crippen LogP contribution < -0.4 is 5.32 Å². The van der Waals surface area contributed by atoms with Crippen molar-refractivity contribution in [1.29, 1.82) is 0 Å². The van der Waals surface area contributed by atoms with Gasteiger partial charge in [-0.05, 0) is 35.4 Å². The highest BCUT2D eigenvalue weighted by Crippen LogP contribution is 2.23. The van der Waals surface area contributed by atoms with E-state index < -0.39 is 0 Å². The number of furan rings is 1. The quantitative estimate of drug-likeness (QED) is 0.262. The fraction of sp³-hybridized carbons (Fsp3) is 0.385. The van der Waals surface area contributed by atoms with Crippen molar-refractivity contribution >= 4 is 22.6 Å². The predicted octanol–water partition coefficient (Wildman–Crippen LogP) is 4.84. The van der Waals surface area contributed by atoms with Crippen LogP contribution in [0.2, 0.25) is 5.02 Å². The molecular formula is C26H30ClNO4. The van der Waals surface area contributed by atoms with Crippen LogP contribution >= 0.6 is 11.6 Å². The third-order valence-electron chi connectivity index (χ3n) is 4.81. The maximum atomic E-state index is 6.04. The van der Waals surface area contributed by atoms with Crippen LogP contribution in [-0.4, -0.2) is 46.2 Å². The summed E-state index contributed by atoms with van der Waals surface area (Å²) in [6.07, 6.45) is 6.54. The van der Waals surface area contributed by atoms with Gasteiger partial charge >= 0.3 is 0 Å². The van der Waals surface area contributed by atoms with Crippen molar-refractivity contribution in [3.63, 3.8) is 0 Å². The molecule has 1 N–H and O–H groups in total. The molecule has 1 aromatic heterocycles. The molecule has 3 rings (SSSR count). The minimum atomic E-state index is 0.558. The average Bonchev–Trinajstić information content (AvgIpc) is 3.20. The Morgan fingerprint density at radius 2 is 1.53 bits per heavy atom. The molecular weight excluding hydrogens is 426 g/mol. The first-order valence-corrected chi connectivity index (χ1v) is 11.3. The number of benzene rings is 2. The van der Waals surface area contributed by atoms with Crippen LogP contribution in [0.4, 0.5) is 0 Å². The van der Waals surface area contributed by atoms with E-state index >= 15 is 0 Å². The summed E-state index contributed by atoms with van der Waals surface area (Å²) in [5, 5.41) is 5.25. The van der Waals surface area contributed by atoms with Gasteiger partial charge in [0, 0.05) is 36.3 Å². The summed E-state index contributed by atoms with van der Waals surface area (Å²) in [6, 6.07) is 16.3. The molecule has 0 fully saturated rings. The molecule has 0 aliphatic rings. The molecule has 0 radical (unpaired) electrons.